The number of aromatic nitrogens is 3. The second-order valence-corrected chi connectivity index (χ2v) is 6.35. The Labute approximate surface area is 117 Å². The van der Waals surface area contributed by atoms with Crippen molar-refractivity contribution in [2.45, 2.75) is 32.2 Å². The van der Waals surface area contributed by atoms with Gasteiger partial charge in [-0.2, -0.15) is 0 Å². The SMILES string of the molecule is Nc1nc2cc(Cl)cnc2n1CC(C1CC1)C1CC1. The second kappa shape index (κ2) is 4.10. The molecule has 2 fully saturated rings. The van der Waals surface area contributed by atoms with Gasteiger partial charge in [0.25, 0.3) is 0 Å². The van der Waals surface area contributed by atoms with Crippen LogP contribution in [0.15, 0.2) is 12.3 Å². The summed E-state index contributed by atoms with van der Waals surface area (Å²) in [6, 6.07) is 1.83. The maximum Gasteiger partial charge on any atom is 0.202 e. The molecule has 100 valence electrons. The Bertz CT molecular complexity index is 616. The number of nitrogen functional groups attached to an aromatic ring is 1. The summed E-state index contributed by atoms with van der Waals surface area (Å²) < 4.78 is 2.08. The molecule has 0 bridgehead atoms. The Kier molecular flexibility index (Phi) is 2.49. The first kappa shape index (κ1) is 11.5. The number of halogens is 1. The van der Waals surface area contributed by atoms with Gasteiger partial charge in [-0.3, -0.25) is 4.57 Å². The number of nitrogens with two attached hydrogens (primary N) is 1. The molecule has 0 atom stereocenters. The van der Waals surface area contributed by atoms with Crippen molar-refractivity contribution in [2.75, 3.05) is 5.73 Å². The molecule has 0 radical (unpaired) electrons. The van der Waals surface area contributed by atoms with Crippen LogP contribution in [0.2, 0.25) is 5.02 Å². The van der Waals surface area contributed by atoms with Crippen molar-refractivity contribution >= 4 is 28.7 Å². The van der Waals surface area contributed by atoms with Gasteiger partial charge >= 0.3 is 0 Å². The van der Waals surface area contributed by atoms with Gasteiger partial charge in [-0.15, -0.1) is 0 Å². The first-order chi connectivity index (χ1) is 9.22. The largest absolute Gasteiger partial charge is 0.369 e. The Morgan fingerprint density at radius 2 is 2.00 bits per heavy atom. The molecule has 2 aromatic rings. The van der Waals surface area contributed by atoms with Gasteiger partial charge in [-0.25, -0.2) is 9.97 Å². The molecule has 0 unspecified atom stereocenters. The fourth-order valence-corrected chi connectivity index (χ4v) is 3.28. The van der Waals surface area contributed by atoms with Gasteiger partial charge in [-0.05, 0) is 49.5 Å². The molecule has 2 N–H and O–H groups in total. The van der Waals surface area contributed by atoms with Crippen LogP contribution in [0.4, 0.5) is 5.95 Å². The molecule has 2 aliphatic rings. The van der Waals surface area contributed by atoms with Crippen LogP contribution in [0.1, 0.15) is 25.7 Å². The van der Waals surface area contributed by atoms with E-state index >= 15 is 0 Å². The number of hydrogen-bond donors (Lipinski definition) is 1. The van der Waals surface area contributed by atoms with Crippen LogP contribution in [0, 0.1) is 17.8 Å². The Morgan fingerprint density at radius 1 is 1.32 bits per heavy atom. The van der Waals surface area contributed by atoms with E-state index < -0.39 is 0 Å². The van der Waals surface area contributed by atoms with Crippen LogP contribution in [-0.2, 0) is 6.54 Å². The lowest BCUT2D eigenvalue weighted by Gasteiger charge is -2.17. The quantitative estimate of drug-likeness (QED) is 0.933. The van der Waals surface area contributed by atoms with Crippen molar-refractivity contribution in [3.63, 3.8) is 0 Å². The summed E-state index contributed by atoms with van der Waals surface area (Å²) in [5.41, 5.74) is 7.73. The summed E-state index contributed by atoms with van der Waals surface area (Å²) >= 11 is 5.95. The van der Waals surface area contributed by atoms with Crippen LogP contribution in [-0.4, -0.2) is 14.5 Å². The third-order valence-corrected chi connectivity index (χ3v) is 4.64. The molecule has 2 heterocycles. The van der Waals surface area contributed by atoms with Crippen molar-refractivity contribution in [3.8, 4) is 0 Å². The lowest BCUT2D eigenvalue weighted by Crippen LogP contribution is -2.16. The third-order valence-electron chi connectivity index (χ3n) is 4.43. The van der Waals surface area contributed by atoms with Crippen molar-refractivity contribution in [2.24, 2.45) is 17.8 Å². The van der Waals surface area contributed by atoms with E-state index in [-0.39, 0.29) is 0 Å². The van der Waals surface area contributed by atoms with E-state index in [4.69, 9.17) is 17.3 Å². The average Bonchev–Trinajstić information content (AvgIpc) is 3.24. The minimum atomic E-state index is 0.566. The predicted molar refractivity (Wildman–Crippen MR) is 75.9 cm³/mol. The van der Waals surface area contributed by atoms with E-state index in [9.17, 15) is 0 Å². The molecule has 0 spiro atoms. The highest BCUT2D eigenvalue weighted by Crippen LogP contribution is 2.50. The molecule has 19 heavy (non-hydrogen) atoms. The average molecular weight is 277 g/mol. The standard InChI is InChI=1S/C14H17ClN4/c15-10-5-12-13(17-6-10)19(14(16)18-12)7-11(8-1-2-8)9-3-4-9/h5-6,8-9,11H,1-4,7H2,(H2,16,18). The second-order valence-electron chi connectivity index (χ2n) is 5.92. The zero-order valence-corrected chi connectivity index (χ0v) is 11.5. The molecule has 2 aromatic heterocycles. The van der Waals surface area contributed by atoms with Crippen molar-refractivity contribution in [3.05, 3.63) is 17.3 Å². The third kappa shape index (κ3) is 2.08. The minimum absolute atomic E-state index is 0.566. The maximum atomic E-state index is 6.06. The zero-order valence-electron chi connectivity index (χ0n) is 10.7. The summed E-state index contributed by atoms with van der Waals surface area (Å²) in [5, 5.41) is 0.609. The molecule has 4 rings (SSSR count). The van der Waals surface area contributed by atoms with Gasteiger partial charge in [0.05, 0.1) is 5.02 Å². The van der Waals surface area contributed by atoms with E-state index in [2.05, 4.69) is 14.5 Å². The Balaban J connectivity index is 1.71. The van der Waals surface area contributed by atoms with Crippen LogP contribution in [0.3, 0.4) is 0 Å². The highest BCUT2D eigenvalue weighted by Gasteiger charge is 2.41. The fraction of sp³-hybridized carbons (Fsp3) is 0.571. The van der Waals surface area contributed by atoms with E-state index in [1.54, 1.807) is 6.20 Å². The highest BCUT2D eigenvalue weighted by atomic mass is 35.5. The Hall–Kier alpha value is -1.29. The number of fused-ring (bicyclic) bond motifs is 1. The van der Waals surface area contributed by atoms with Crippen molar-refractivity contribution < 1.29 is 0 Å². The number of pyridine rings is 1. The van der Waals surface area contributed by atoms with E-state index in [1.165, 1.54) is 25.7 Å². The van der Waals surface area contributed by atoms with Gasteiger partial charge in [0.2, 0.25) is 5.95 Å². The molecule has 4 nitrogen and oxygen atoms in total. The summed E-state index contributed by atoms with van der Waals surface area (Å²) in [6.45, 7) is 0.965. The number of anilines is 1. The zero-order chi connectivity index (χ0) is 13.0. The van der Waals surface area contributed by atoms with Gasteiger partial charge < -0.3 is 5.73 Å². The Morgan fingerprint density at radius 3 is 2.63 bits per heavy atom. The van der Waals surface area contributed by atoms with Crippen LogP contribution < -0.4 is 5.73 Å². The maximum absolute atomic E-state index is 6.06. The summed E-state index contributed by atoms with van der Waals surface area (Å²) in [7, 11) is 0. The number of nitrogens with zero attached hydrogens (tertiary/aromatic N) is 3. The van der Waals surface area contributed by atoms with E-state index in [0.717, 1.165) is 35.5 Å². The highest BCUT2D eigenvalue weighted by molar-refractivity contribution is 6.31. The molecular weight excluding hydrogens is 260 g/mol. The van der Waals surface area contributed by atoms with Crippen LogP contribution in [0.5, 0.6) is 0 Å². The van der Waals surface area contributed by atoms with Gasteiger partial charge in [0, 0.05) is 12.7 Å². The normalized spacial score (nSPS) is 19.5. The monoisotopic (exact) mass is 276 g/mol. The topological polar surface area (TPSA) is 56.7 Å². The molecule has 0 aromatic carbocycles. The fourth-order valence-electron chi connectivity index (χ4n) is 3.13. The summed E-state index contributed by atoms with van der Waals surface area (Å²) in [6.07, 6.45) is 7.20. The first-order valence-corrected chi connectivity index (χ1v) is 7.37. The van der Waals surface area contributed by atoms with Gasteiger partial charge in [0.15, 0.2) is 5.65 Å². The van der Waals surface area contributed by atoms with Crippen LogP contribution >= 0.6 is 11.6 Å². The summed E-state index contributed by atoms with van der Waals surface area (Å²) in [4.78, 5) is 8.78. The number of rotatable bonds is 4. The molecular formula is C14H17ClN4. The van der Waals surface area contributed by atoms with E-state index in [1.807, 2.05) is 6.07 Å². The van der Waals surface area contributed by atoms with Gasteiger partial charge in [-0.1, -0.05) is 11.6 Å². The molecule has 5 heteroatoms. The van der Waals surface area contributed by atoms with Crippen molar-refractivity contribution in [1.82, 2.24) is 14.5 Å². The molecule has 2 aliphatic carbocycles. The summed E-state index contributed by atoms with van der Waals surface area (Å²) in [5.74, 6) is 3.13. The number of imidazole rings is 1. The predicted octanol–water partition coefficient (Wildman–Crippen LogP) is 3.10. The smallest absolute Gasteiger partial charge is 0.202 e. The lowest BCUT2D eigenvalue weighted by atomic mass is 9.98. The molecule has 2 saturated carbocycles. The first-order valence-electron chi connectivity index (χ1n) is 6.99. The number of hydrogen-bond acceptors (Lipinski definition) is 3. The van der Waals surface area contributed by atoms with Crippen molar-refractivity contribution in [1.29, 1.82) is 0 Å². The lowest BCUT2D eigenvalue weighted by molar-refractivity contribution is 0.354. The molecule has 0 saturated heterocycles. The minimum Gasteiger partial charge on any atom is -0.369 e. The van der Waals surface area contributed by atoms with E-state index in [0.29, 0.717) is 11.0 Å². The molecule has 0 amide bonds. The van der Waals surface area contributed by atoms with Gasteiger partial charge in [0.1, 0.15) is 5.52 Å². The molecule has 0 aliphatic heterocycles. The van der Waals surface area contributed by atoms with Crippen LogP contribution in [0.25, 0.3) is 11.2 Å².